The van der Waals surface area contributed by atoms with Crippen molar-refractivity contribution in [1.29, 1.82) is 0 Å². The minimum atomic E-state index is 0.602. The summed E-state index contributed by atoms with van der Waals surface area (Å²) in [4.78, 5) is 0. The van der Waals surface area contributed by atoms with Crippen LogP contribution in [0.25, 0.3) is 0 Å². The maximum Gasteiger partial charge on any atom is -0.0323 e. The summed E-state index contributed by atoms with van der Waals surface area (Å²) in [6, 6.07) is 0. The average molecular weight is 210 g/mol. The van der Waals surface area contributed by atoms with E-state index in [1.807, 2.05) is 0 Å². The predicted molar refractivity (Wildman–Crippen MR) is 69.0 cm³/mol. The molecular weight excluding hydrogens is 180 g/mol. The zero-order chi connectivity index (χ0) is 11.5. The van der Waals surface area contributed by atoms with Gasteiger partial charge in [-0.25, -0.2) is 0 Å². The van der Waals surface area contributed by atoms with Crippen molar-refractivity contribution in [3.05, 3.63) is 0 Å². The maximum absolute atomic E-state index is 2.49. The van der Waals surface area contributed by atoms with Crippen LogP contribution in [0.4, 0.5) is 0 Å². The van der Waals surface area contributed by atoms with E-state index in [0.717, 1.165) is 17.8 Å². The molecule has 1 rings (SSSR count). The molecule has 3 unspecified atom stereocenters. The molecule has 1 saturated carbocycles. The zero-order valence-electron chi connectivity index (χ0n) is 11.5. The quantitative estimate of drug-likeness (QED) is 0.592. The summed E-state index contributed by atoms with van der Waals surface area (Å²) in [5, 5.41) is 0. The summed E-state index contributed by atoms with van der Waals surface area (Å²) in [5.74, 6) is 2.85. The van der Waals surface area contributed by atoms with Crippen LogP contribution >= 0.6 is 0 Å². The van der Waals surface area contributed by atoms with E-state index >= 15 is 0 Å². The van der Waals surface area contributed by atoms with Crippen LogP contribution in [-0.2, 0) is 0 Å². The van der Waals surface area contributed by atoms with E-state index in [-0.39, 0.29) is 0 Å². The molecule has 3 atom stereocenters. The average Bonchev–Trinajstić information content (AvgIpc) is 2.15. The maximum atomic E-state index is 2.49. The minimum absolute atomic E-state index is 0.602. The highest BCUT2D eigenvalue weighted by atomic mass is 14.4. The highest BCUT2D eigenvalue weighted by Gasteiger charge is 2.36. The molecule has 90 valence electrons. The van der Waals surface area contributed by atoms with Crippen LogP contribution in [0.1, 0.15) is 73.1 Å². The first kappa shape index (κ1) is 13.1. The van der Waals surface area contributed by atoms with Crippen molar-refractivity contribution in [2.24, 2.45) is 23.2 Å². The Labute approximate surface area is 96.8 Å². The van der Waals surface area contributed by atoms with Crippen LogP contribution in [0.5, 0.6) is 0 Å². The summed E-state index contributed by atoms with van der Waals surface area (Å²) in [6.45, 7) is 12.2. The third kappa shape index (κ3) is 3.50. The van der Waals surface area contributed by atoms with Gasteiger partial charge in [-0.15, -0.1) is 0 Å². The Bertz CT molecular complexity index is 180. The molecule has 0 N–H and O–H groups in total. The molecule has 0 saturated heterocycles. The van der Waals surface area contributed by atoms with Gasteiger partial charge in [-0.3, -0.25) is 0 Å². The van der Waals surface area contributed by atoms with E-state index in [0.29, 0.717) is 5.41 Å². The van der Waals surface area contributed by atoms with Gasteiger partial charge in [-0.2, -0.15) is 0 Å². The molecule has 0 aromatic heterocycles. The van der Waals surface area contributed by atoms with Gasteiger partial charge in [0.25, 0.3) is 0 Å². The Balaban J connectivity index is 2.48. The highest BCUT2D eigenvalue weighted by molar-refractivity contribution is 4.86. The SMILES string of the molecule is CCC(C)CCC1C(C)CCCC1(C)C. The third-order valence-corrected chi connectivity index (χ3v) is 4.84. The van der Waals surface area contributed by atoms with Crippen LogP contribution in [0.3, 0.4) is 0 Å². The monoisotopic (exact) mass is 210 g/mol. The smallest absolute Gasteiger partial charge is 0.0323 e. The molecule has 0 amide bonds. The summed E-state index contributed by atoms with van der Waals surface area (Å²) in [6.07, 6.45) is 8.62. The van der Waals surface area contributed by atoms with Gasteiger partial charge in [0.2, 0.25) is 0 Å². The van der Waals surface area contributed by atoms with E-state index in [1.54, 1.807) is 0 Å². The molecule has 0 aromatic rings. The van der Waals surface area contributed by atoms with Crippen molar-refractivity contribution >= 4 is 0 Å². The Hall–Kier alpha value is 0. The van der Waals surface area contributed by atoms with Crippen molar-refractivity contribution in [1.82, 2.24) is 0 Å². The second-order valence-corrected chi connectivity index (χ2v) is 6.56. The van der Waals surface area contributed by atoms with E-state index in [9.17, 15) is 0 Å². The standard InChI is InChI=1S/C15H30/c1-6-12(2)9-10-14-13(3)8-7-11-15(14,4)5/h12-14H,6-11H2,1-5H3. The molecule has 0 heteroatoms. The number of hydrogen-bond donors (Lipinski definition) is 0. The topological polar surface area (TPSA) is 0 Å². The fraction of sp³-hybridized carbons (Fsp3) is 1.00. The molecule has 0 aliphatic heterocycles. The molecular formula is C15H30. The summed E-state index contributed by atoms with van der Waals surface area (Å²) >= 11 is 0. The largest absolute Gasteiger partial charge is 0.0651 e. The van der Waals surface area contributed by atoms with Crippen molar-refractivity contribution < 1.29 is 0 Å². The molecule has 1 fully saturated rings. The van der Waals surface area contributed by atoms with E-state index < -0.39 is 0 Å². The molecule has 0 bridgehead atoms. The lowest BCUT2D eigenvalue weighted by molar-refractivity contribution is 0.0710. The van der Waals surface area contributed by atoms with Crippen LogP contribution in [0.2, 0.25) is 0 Å². The molecule has 15 heavy (non-hydrogen) atoms. The van der Waals surface area contributed by atoms with E-state index in [2.05, 4.69) is 34.6 Å². The van der Waals surface area contributed by atoms with Crippen LogP contribution < -0.4 is 0 Å². The normalized spacial score (nSPS) is 32.6. The van der Waals surface area contributed by atoms with Gasteiger partial charge < -0.3 is 0 Å². The van der Waals surface area contributed by atoms with Gasteiger partial charge >= 0.3 is 0 Å². The lowest BCUT2D eigenvalue weighted by atomic mass is 9.62. The minimum Gasteiger partial charge on any atom is -0.0651 e. The van der Waals surface area contributed by atoms with Crippen molar-refractivity contribution in [3.8, 4) is 0 Å². The fourth-order valence-electron chi connectivity index (χ4n) is 3.38. The first-order chi connectivity index (χ1) is 6.97. The molecule has 0 radical (unpaired) electrons. The Morgan fingerprint density at radius 1 is 1.33 bits per heavy atom. The van der Waals surface area contributed by atoms with Crippen molar-refractivity contribution in [2.45, 2.75) is 73.1 Å². The zero-order valence-corrected chi connectivity index (χ0v) is 11.5. The Kier molecular flexibility index (Phi) is 4.67. The summed E-state index contributed by atoms with van der Waals surface area (Å²) in [5.41, 5.74) is 0.602. The second kappa shape index (κ2) is 5.37. The fourth-order valence-corrected chi connectivity index (χ4v) is 3.38. The number of hydrogen-bond acceptors (Lipinski definition) is 0. The van der Waals surface area contributed by atoms with Gasteiger partial charge in [-0.1, -0.05) is 60.3 Å². The van der Waals surface area contributed by atoms with Crippen molar-refractivity contribution in [2.75, 3.05) is 0 Å². The lowest BCUT2D eigenvalue weighted by Gasteiger charge is -2.43. The van der Waals surface area contributed by atoms with E-state index in [1.165, 1.54) is 38.5 Å². The summed E-state index contributed by atoms with van der Waals surface area (Å²) in [7, 11) is 0. The van der Waals surface area contributed by atoms with Crippen LogP contribution in [-0.4, -0.2) is 0 Å². The first-order valence-corrected chi connectivity index (χ1v) is 6.97. The molecule has 0 spiro atoms. The lowest BCUT2D eigenvalue weighted by Crippen LogP contribution is -2.33. The highest BCUT2D eigenvalue weighted by Crippen LogP contribution is 2.46. The Morgan fingerprint density at radius 2 is 2.00 bits per heavy atom. The molecule has 1 aliphatic carbocycles. The van der Waals surface area contributed by atoms with Crippen LogP contribution in [0.15, 0.2) is 0 Å². The van der Waals surface area contributed by atoms with Gasteiger partial charge in [0.1, 0.15) is 0 Å². The van der Waals surface area contributed by atoms with Gasteiger partial charge in [-0.05, 0) is 36.0 Å². The molecule has 0 aromatic carbocycles. The first-order valence-electron chi connectivity index (χ1n) is 6.97. The van der Waals surface area contributed by atoms with Crippen molar-refractivity contribution in [3.63, 3.8) is 0 Å². The van der Waals surface area contributed by atoms with E-state index in [4.69, 9.17) is 0 Å². The molecule has 0 nitrogen and oxygen atoms in total. The second-order valence-electron chi connectivity index (χ2n) is 6.56. The van der Waals surface area contributed by atoms with Gasteiger partial charge in [0, 0.05) is 0 Å². The van der Waals surface area contributed by atoms with Gasteiger partial charge in [0.05, 0.1) is 0 Å². The molecule has 0 heterocycles. The molecule has 1 aliphatic rings. The van der Waals surface area contributed by atoms with Crippen LogP contribution in [0, 0.1) is 23.2 Å². The third-order valence-electron chi connectivity index (χ3n) is 4.84. The Morgan fingerprint density at radius 3 is 2.53 bits per heavy atom. The summed E-state index contributed by atoms with van der Waals surface area (Å²) < 4.78 is 0. The van der Waals surface area contributed by atoms with Gasteiger partial charge in [0.15, 0.2) is 0 Å². The predicted octanol–water partition coefficient (Wildman–Crippen LogP) is 5.28. The number of rotatable bonds is 4.